The Morgan fingerprint density at radius 1 is 1.47 bits per heavy atom. The molecule has 0 saturated carbocycles. The number of piperazine rings is 1. The monoisotopic (exact) mass is 212 g/mol. The van der Waals surface area contributed by atoms with E-state index >= 15 is 0 Å². The van der Waals surface area contributed by atoms with E-state index in [1.54, 1.807) is 0 Å². The van der Waals surface area contributed by atoms with Crippen LogP contribution in [0.25, 0.3) is 0 Å². The highest BCUT2D eigenvalue weighted by molar-refractivity contribution is 5.82. The molecule has 1 aliphatic heterocycles. The molecule has 0 spiro atoms. The summed E-state index contributed by atoms with van der Waals surface area (Å²) in [5.41, 5.74) is 5.81. The van der Waals surface area contributed by atoms with Gasteiger partial charge in [0.1, 0.15) is 5.84 Å². The first-order valence-corrected chi connectivity index (χ1v) is 5.67. The van der Waals surface area contributed by atoms with Gasteiger partial charge in [-0.2, -0.15) is 0 Å². The second-order valence-electron chi connectivity index (χ2n) is 5.08. The van der Waals surface area contributed by atoms with Crippen LogP contribution in [0.4, 0.5) is 0 Å². The van der Waals surface area contributed by atoms with E-state index in [1.165, 1.54) is 0 Å². The lowest BCUT2D eigenvalue weighted by atomic mass is 9.97. The van der Waals surface area contributed by atoms with Crippen molar-refractivity contribution in [1.82, 2.24) is 9.80 Å². The number of nitrogens with zero attached hydrogens (tertiary/aromatic N) is 2. The normalized spacial score (nSPS) is 25.1. The van der Waals surface area contributed by atoms with Crippen molar-refractivity contribution in [2.24, 2.45) is 5.73 Å². The van der Waals surface area contributed by atoms with E-state index in [2.05, 4.69) is 37.6 Å². The highest BCUT2D eigenvalue weighted by Gasteiger charge is 2.34. The molecule has 3 N–H and O–H groups in total. The third-order valence-electron chi connectivity index (χ3n) is 3.53. The third kappa shape index (κ3) is 2.69. The molecule has 88 valence electrons. The molecule has 0 aliphatic carbocycles. The van der Waals surface area contributed by atoms with Gasteiger partial charge in [0.05, 0.1) is 6.04 Å². The zero-order valence-electron chi connectivity index (χ0n) is 10.4. The summed E-state index contributed by atoms with van der Waals surface area (Å²) in [6.07, 6.45) is 0.926. The first-order valence-electron chi connectivity index (χ1n) is 5.67. The number of nitrogens with two attached hydrogens (primary N) is 1. The van der Waals surface area contributed by atoms with E-state index in [-0.39, 0.29) is 11.6 Å². The van der Waals surface area contributed by atoms with Gasteiger partial charge in [-0.05, 0) is 27.3 Å². The van der Waals surface area contributed by atoms with Gasteiger partial charge >= 0.3 is 0 Å². The maximum Gasteiger partial charge on any atom is 0.108 e. The maximum atomic E-state index is 7.59. The number of likely N-dealkylation sites (N-methyl/N-ethyl adjacent to an activating group) is 1. The van der Waals surface area contributed by atoms with Crippen molar-refractivity contribution in [2.45, 2.75) is 38.8 Å². The Kier molecular flexibility index (Phi) is 3.73. The molecule has 1 atom stereocenters. The SMILES string of the molecule is CCC(C(=N)N)N1CCN(C)C(C)(C)C1. The van der Waals surface area contributed by atoms with Gasteiger partial charge in [0.15, 0.2) is 0 Å². The fourth-order valence-corrected chi connectivity index (χ4v) is 2.22. The molecular weight excluding hydrogens is 188 g/mol. The molecule has 0 radical (unpaired) electrons. The van der Waals surface area contributed by atoms with Crippen molar-refractivity contribution >= 4 is 5.84 Å². The minimum absolute atomic E-state index is 0.123. The standard InChI is InChI=1S/C11H24N4/c1-5-9(10(12)13)15-7-6-14(4)11(2,3)8-15/h9H,5-8H2,1-4H3,(H3,12,13). The number of nitrogens with one attached hydrogen (secondary N) is 1. The summed E-state index contributed by atoms with van der Waals surface area (Å²) in [6, 6.07) is 0.123. The van der Waals surface area contributed by atoms with Crippen LogP contribution in [-0.4, -0.2) is 53.9 Å². The van der Waals surface area contributed by atoms with Crippen LogP contribution < -0.4 is 5.73 Å². The Morgan fingerprint density at radius 3 is 2.47 bits per heavy atom. The summed E-state index contributed by atoms with van der Waals surface area (Å²) in [6.45, 7) is 9.63. The average Bonchev–Trinajstić information content (AvgIpc) is 2.11. The Hall–Kier alpha value is -0.610. The van der Waals surface area contributed by atoms with E-state index < -0.39 is 0 Å². The van der Waals surface area contributed by atoms with Crippen molar-refractivity contribution in [3.8, 4) is 0 Å². The number of hydrogen-bond donors (Lipinski definition) is 2. The van der Waals surface area contributed by atoms with E-state index in [0.29, 0.717) is 5.84 Å². The Bertz CT molecular complexity index is 237. The summed E-state index contributed by atoms with van der Waals surface area (Å²) in [7, 11) is 2.16. The molecule has 4 heteroatoms. The van der Waals surface area contributed by atoms with Gasteiger partial charge in [0.2, 0.25) is 0 Å². The van der Waals surface area contributed by atoms with Gasteiger partial charge in [0.25, 0.3) is 0 Å². The van der Waals surface area contributed by atoms with Crippen LogP contribution in [0.15, 0.2) is 0 Å². The summed E-state index contributed by atoms with van der Waals surface area (Å²) in [5.74, 6) is 0.304. The highest BCUT2D eigenvalue weighted by atomic mass is 15.3. The molecule has 0 aromatic heterocycles. The van der Waals surface area contributed by atoms with Crippen LogP contribution in [0.2, 0.25) is 0 Å². The number of rotatable bonds is 3. The first kappa shape index (κ1) is 12.5. The van der Waals surface area contributed by atoms with Crippen LogP contribution in [0.1, 0.15) is 27.2 Å². The van der Waals surface area contributed by atoms with Crippen LogP contribution >= 0.6 is 0 Å². The zero-order valence-corrected chi connectivity index (χ0v) is 10.4. The largest absolute Gasteiger partial charge is 0.386 e. The predicted molar refractivity (Wildman–Crippen MR) is 64.3 cm³/mol. The fourth-order valence-electron chi connectivity index (χ4n) is 2.22. The van der Waals surface area contributed by atoms with Gasteiger partial charge in [-0.3, -0.25) is 15.2 Å². The number of amidine groups is 1. The minimum atomic E-state index is 0.123. The van der Waals surface area contributed by atoms with Crippen molar-refractivity contribution in [3.63, 3.8) is 0 Å². The Labute approximate surface area is 92.9 Å². The molecule has 0 aromatic carbocycles. The lowest BCUT2D eigenvalue weighted by Gasteiger charge is -2.47. The van der Waals surface area contributed by atoms with Gasteiger partial charge in [0, 0.05) is 25.2 Å². The van der Waals surface area contributed by atoms with Gasteiger partial charge in [-0.15, -0.1) is 0 Å². The van der Waals surface area contributed by atoms with E-state index in [1.807, 2.05) is 0 Å². The Morgan fingerprint density at radius 2 is 2.07 bits per heavy atom. The van der Waals surface area contributed by atoms with Crippen LogP contribution in [0.5, 0.6) is 0 Å². The third-order valence-corrected chi connectivity index (χ3v) is 3.53. The lowest BCUT2D eigenvalue weighted by Crippen LogP contribution is -2.61. The van der Waals surface area contributed by atoms with E-state index in [9.17, 15) is 0 Å². The average molecular weight is 212 g/mol. The molecule has 1 heterocycles. The zero-order chi connectivity index (χ0) is 11.6. The first-order chi connectivity index (χ1) is 6.88. The molecular formula is C11H24N4. The van der Waals surface area contributed by atoms with Gasteiger partial charge in [-0.1, -0.05) is 6.92 Å². The molecule has 1 aliphatic rings. The summed E-state index contributed by atoms with van der Waals surface area (Å²) >= 11 is 0. The Balaban J connectivity index is 2.69. The lowest BCUT2D eigenvalue weighted by molar-refractivity contribution is 0.0292. The van der Waals surface area contributed by atoms with Crippen LogP contribution in [-0.2, 0) is 0 Å². The maximum absolute atomic E-state index is 7.59. The van der Waals surface area contributed by atoms with E-state index in [0.717, 1.165) is 26.1 Å². The molecule has 1 rings (SSSR count). The van der Waals surface area contributed by atoms with Crippen molar-refractivity contribution in [1.29, 1.82) is 5.41 Å². The minimum Gasteiger partial charge on any atom is -0.386 e. The second-order valence-corrected chi connectivity index (χ2v) is 5.08. The molecule has 0 amide bonds. The molecule has 1 unspecified atom stereocenters. The predicted octanol–water partition coefficient (Wildman–Crippen LogP) is 0.727. The molecule has 4 nitrogen and oxygen atoms in total. The summed E-state index contributed by atoms with van der Waals surface area (Å²) in [5, 5.41) is 7.59. The summed E-state index contributed by atoms with van der Waals surface area (Å²) < 4.78 is 0. The number of hydrogen-bond acceptors (Lipinski definition) is 3. The summed E-state index contributed by atoms with van der Waals surface area (Å²) in [4.78, 5) is 4.71. The second kappa shape index (κ2) is 4.49. The van der Waals surface area contributed by atoms with Crippen LogP contribution in [0.3, 0.4) is 0 Å². The van der Waals surface area contributed by atoms with Crippen molar-refractivity contribution in [2.75, 3.05) is 26.7 Å². The quantitative estimate of drug-likeness (QED) is 0.535. The van der Waals surface area contributed by atoms with Crippen LogP contribution in [0, 0.1) is 5.41 Å². The van der Waals surface area contributed by atoms with E-state index in [4.69, 9.17) is 11.1 Å². The topological polar surface area (TPSA) is 56.4 Å². The molecule has 1 fully saturated rings. The molecule has 1 saturated heterocycles. The highest BCUT2D eigenvalue weighted by Crippen LogP contribution is 2.21. The van der Waals surface area contributed by atoms with Crippen molar-refractivity contribution < 1.29 is 0 Å². The molecule has 0 bridgehead atoms. The van der Waals surface area contributed by atoms with Crippen molar-refractivity contribution in [3.05, 3.63) is 0 Å². The smallest absolute Gasteiger partial charge is 0.108 e. The molecule has 15 heavy (non-hydrogen) atoms. The fraction of sp³-hybridized carbons (Fsp3) is 0.909. The van der Waals surface area contributed by atoms with Gasteiger partial charge in [-0.25, -0.2) is 0 Å². The van der Waals surface area contributed by atoms with Gasteiger partial charge < -0.3 is 5.73 Å². The molecule has 0 aromatic rings.